The molecule has 0 amide bonds. The van der Waals surface area contributed by atoms with Crippen LogP contribution in [0.5, 0.6) is 0 Å². The Hall–Kier alpha value is -0.860. The van der Waals surface area contributed by atoms with Crippen molar-refractivity contribution in [3.8, 4) is 0 Å². The number of guanidine groups is 1. The number of halogens is 1. The number of rotatable bonds is 6. The molecule has 1 N–H and O–H groups in total. The summed E-state index contributed by atoms with van der Waals surface area (Å²) >= 11 is 0. The molecule has 2 heterocycles. The topological polar surface area (TPSA) is 46.1 Å². The van der Waals surface area contributed by atoms with E-state index in [1.54, 1.807) is 0 Å². The summed E-state index contributed by atoms with van der Waals surface area (Å²) in [6.45, 7) is 6.24. The molecular formula is C19H30IN3O2. The summed E-state index contributed by atoms with van der Waals surface area (Å²) < 4.78 is 11.1. The zero-order chi connectivity index (χ0) is 16.6. The van der Waals surface area contributed by atoms with Crippen LogP contribution in [-0.4, -0.2) is 57.4 Å². The van der Waals surface area contributed by atoms with Gasteiger partial charge in [0.05, 0.1) is 13.2 Å². The number of benzene rings is 1. The van der Waals surface area contributed by atoms with Crippen LogP contribution in [0.1, 0.15) is 24.0 Å². The minimum atomic E-state index is 0. The van der Waals surface area contributed by atoms with Gasteiger partial charge in [0.2, 0.25) is 0 Å². The van der Waals surface area contributed by atoms with Crippen molar-refractivity contribution in [1.82, 2.24) is 10.2 Å². The number of fused-ring (bicyclic) bond motifs is 1. The second-order valence-corrected chi connectivity index (χ2v) is 6.57. The quantitative estimate of drug-likeness (QED) is 0.308. The fraction of sp³-hybridized carbons (Fsp3) is 0.632. The van der Waals surface area contributed by atoms with Crippen LogP contribution in [-0.2, 0) is 22.4 Å². The maximum absolute atomic E-state index is 5.75. The van der Waals surface area contributed by atoms with Gasteiger partial charge in [-0.15, -0.1) is 24.0 Å². The normalized spacial score (nSPS) is 20.1. The fourth-order valence-electron chi connectivity index (χ4n) is 3.35. The Morgan fingerprint density at radius 2 is 2.20 bits per heavy atom. The SMILES string of the molecule is CN=C(NCCCOCC1CCOC1)N1CCc2ccccc2C1.I. The number of nitrogens with zero attached hydrogens (tertiary/aromatic N) is 2. The van der Waals surface area contributed by atoms with Crippen molar-refractivity contribution in [3.63, 3.8) is 0 Å². The lowest BCUT2D eigenvalue weighted by Gasteiger charge is -2.31. The van der Waals surface area contributed by atoms with Crippen LogP contribution in [0.15, 0.2) is 29.3 Å². The molecule has 2 aliphatic heterocycles. The van der Waals surface area contributed by atoms with Crippen LogP contribution >= 0.6 is 24.0 Å². The summed E-state index contributed by atoms with van der Waals surface area (Å²) in [5, 5.41) is 3.47. The molecule has 0 saturated carbocycles. The molecular weight excluding hydrogens is 429 g/mol. The Bertz CT molecular complexity index is 547. The van der Waals surface area contributed by atoms with E-state index in [-0.39, 0.29) is 24.0 Å². The molecule has 1 aromatic carbocycles. The number of hydrogen-bond donors (Lipinski definition) is 1. The number of aliphatic imine (C=N–C) groups is 1. The highest BCUT2D eigenvalue weighted by atomic mass is 127. The Kier molecular flexibility index (Phi) is 8.98. The molecule has 1 unspecified atom stereocenters. The van der Waals surface area contributed by atoms with Gasteiger partial charge < -0.3 is 19.7 Å². The van der Waals surface area contributed by atoms with Crippen molar-refractivity contribution < 1.29 is 9.47 Å². The summed E-state index contributed by atoms with van der Waals surface area (Å²) in [5.41, 5.74) is 2.88. The highest BCUT2D eigenvalue weighted by Crippen LogP contribution is 2.18. The summed E-state index contributed by atoms with van der Waals surface area (Å²) in [4.78, 5) is 6.77. The van der Waals surface area contributed by atoms with E-state index in [4.69, 9.17) is 9.47 Å². The van der Waals surface area contributed by atoms with E-state index in [0.29, 0.717) is 5.92 Å². The van der Waals surface area contributed by atoms with Gasteiger partial charge in [-0.3, -0.25) is 4.99 Å². The van der Waals surface area contributed by atoms with E-state index in [2.05, 4.69) is 39.5 Å². The minimum Gasteiger partial charge on any atom is -0.381 e. The predicted molar refractivity (Wildman–Crippen MR) is 112 cm³/mol. The van der Waals surface area contributed by atoms with Crippen molar-refractivity contribution in [2.45, 2.75) is 25.8 Å². The van der Waals surface area contributed by atoms with Crippen LogP contribution in [0.25, 0.3) is 0 Å². The lowest BCUT2D eigenvalue weighted by atomic mass is 10.0. The van der Waals surface area contributed by atoms with E-state index >= 15 is 0 Å². The Morgan fingerprint density at radius 3 is 2.96 bits per heavy atom. The van der Waals surface area contributed by atoms with Gasteiger partial charge in [0, 0.05) is 45.8 Å². The average Bonchev–Trinajstić information content (AvgIpc) is 3.14. The van der Waals surface area contributed by atoms with Crippen LogP contribution < -0.4 is 5.32 Å². The molecule has 0 aromatic heterocycles. The van der Waals surface area contributed by atoms with Gasteiger partial charge in [0.15, 0.2) is 5.96 Å². The molecule has 1 atom stereocenters. The summed E-state index contributed by atoms with van der Waals surface area (Å²) in [6.07, 6.45) is 3.22. The van der Waals surface area contributed by atoms with E-state index < -0.39 is 0 Å². The molecule has 3 rings (SSSR count). The lowest BCUT2D eigenvalue weighted by Crippen LogP contribution is -2.44. The molecule has 0 bridgehead atoms. The van der Waals surface area contributed by atoms with E-state index in [0.717, 1.165) is 71.3 Å². The van der Waals surface area contributed by atoms with Crippen molar-refractivity contribution in [3.05, 3.63) is 35.4 Å². The smallest absolute Gasteiger partial charge is 0.193 e. The van der Waals surface area contributed by atoms with Crippen LogP contribution in [0.4, 0.5) is 0 Å². The van der Waals surface area contributed by atoms with Gasteiger partial charge in [-0.2, -0.15) is 0 Å². The Labute approximate surface area is 168 Å². The monoisotopic (exact) mass is 459 g/mol. The zero-order valence-electron chi connectivity index (χ0n) is 15.1. The molecule has 140 valence electrons. The van der Waals surface area contributed by atoms with Gasteiger partial charge in [0.25, 0.3) is 0 Å². The van der Waals surface area contributed by atoms with Gasteiger partial charge in [-0.05, 0) is 30.4 Å². The first-order valence-electron chi connectivity index (χ1n) is 9.04. The Morgan fingerprint density at radius 1 is 1.36 bits per heavy atom. The lowest BCUT2D eigenvalue weighted by molar-refractivity contribution is 0.0887. The first-order valence-corrected chi connectivity index (χ1v) is 9.04. The van der Waals surface area contributed by atoms with E-state index in [1.807, 2.05) is 7.05 Å². The average molecular weight is 459 g/mol. The predicted octanol–water partition coefficient (Wildman–Crippen LogP) is 2.68. The molecule has 0 radical (unpaired) electrons. The molecule has 0 aliphatic carbocycles. The third-order valence-corrected chi connectivity index (χ3v) is 4.77. The third kappa shape index (κ3) is 6.11. The van der Waals surface area contributed by atoms with Gasteiger partial charge in [-0.25, -0.2) is 0 Å². The van der Waals surface area contributed by atoms with Crippen molar-refractivity contribution in [2.75, 3.05) is 46.6 Å². The summed E-state index contributed by atoms with van der Waals surface area (Å²) in [5.74, 6) is 1.59. The number of nitrogens with one attached hydrogen (secondary N) is 1. The molecule has 0 spiro atoms. The third-order valence-electron chi connectivity index (χ3n) is 4.77. The molecule has 1 aromatic rings. The number of hydrogen-bond acceptors (Lipinski definition) is 3. The molecule has 2 aliphatic rings. The largest absolute Gasteiger partial charge is 0.381 e. The zero-order valence-corrected chi connectivity index (χ0v) is 17.4. The summed E-state index contributed by atoms with van der Waals surface area (Å²) in [7, 11) is 1.86. The van der Waals surface area contributed by atoms with Crippen molar-refractivity contribution in [1.29, 1.82) is 0 Å². The highest BCUT2D eigenvalue weighted by molar-refractivity contribution is 14.0. The molecule has 5 nitrogen and oxygen atoms in total. The fourth-order valence-corrected chi connectivity index (χ4v) is 3.35. The Balaban J connectivity index is 0.00000225. The van der Waals surface area contributed by atoms with E-state index in [9.17, 15) is 0 Å². The van der Waals surface area contributed by atoms with Crippen LogP contribution in [0, 0.1) is 5.92 Å². The molecule has 25 heavy (non-hydrogen) atoms. The first-order chi connectivity index (χ1) is 11.9. The summed E-state index contributed by atoms with van der Waals surface area (Å²) in [6, 6.07) is 8.69. The molecule has 1 fully saturated rings. The first kappa shape index (κ1) is 20.5. The van der Waals surface area contributed by atoms with Gasteiger partial charge >= 0.3 is 0 Å². The van der Waals surface area contributed by atoms with Crippen molar-refractivity contribution in [2.24, 2.45) is 10.9 Å². The maximum atomic E-state index is 5.75. The van der Waals surface area contributed by atoms with Gasteiger partial charge in [0.1, 0.15) is 0 Å². The van der Waals surface area contributed by atoms with Crippen LogP contribution in [0.3, 0.4) is 0 Å². The van der Waals surface area contributed by atoms with E-state index in [1.165, 1.54) is 11.1 Å². The highest BCUT2D eigenvalue weighted by Gasteiger charge is 2.18. The molecule has 1 saturated heterocycles. The second-order valence-electron chi connectivity index (χ2n) is 6.57. The van der Waals surface area contributed by atoms with Crippen molar-refractivity contribution >= 4 is 29.9 Å². The minimum absolute atomic E-state index is 0. The molecule has 6 heteroatoms. The standard InChI is InChI=1S/C19H29N3O2.HI/c1-20-19(21-9-4-11-23-14-16-8-12-24-15-16)22-10-7-17-5-2-3-6-18(17)13-22;/h2-3,5-6,16H,4,7-15H2,1H3,(H,20,21);1H. The number of ether oxygens (including phenoxy) is 2. The second kappa shape index (κ2) is 11.0. The van der Waals surface area contributed by atoms with Gasteiger partial charge in [-0.1, -0.05) is 24.3 Å². The maximum Gasteiger partial charge on any atom is 0.193 e. The van der Waals surface area contributed by atoms with Crippen LogP contribution in [0.2, 0.25) is 0 Å².